The van der Waals surface area contributed by atoms with Crippen LogP contribution in [0.1, 0.15) is 25.3 Å². The summed E-state index contributed by atoms with van der Waals surface area (Å²) < 4.78 is 0. The standard InChI is InChI=1S/C13H20N2OS.ClH/c1-10(14)3-8-13(16)15-12-6-4-11(5-7-12)9-17-2;/h4-7,10H,3,8-9,14H2,1-2H3,(H,15,16);1H. The van der Waals surface area contributed by atoms with Gasteiger partial charge in [0.05, 0.1) is 0 Å². The van der Waals surface area contributed by atoms with Gasteiger partial charge in [-0.05, 0) is 37.3 Å². The van der Waals surface area contributed by atoms with E-state index in [1.165, 1.54) is 5.56 Å². The zero-order chi connectivity index (χ0) is 12.7. The Bertz CT molecular complexity index is 355. The normalized spacial score (nSPS) is 11.5. The average Bonchev–Trinajstić information content (AvgIpc) is 2.29. The summed E-state index contributed by atoms with van der Waals surface area (Å²) in [6.07, 6.45) is 3.27. The SMILES string of the molecule is CSCc1ccc(NC(=O)CCC(C)N)cc1.Cl. The van der Waals surface area contributed by atoms with Crippen molar-refractivity contribution in [2.24, 2.45) is 5.73 Å². The molecule has 0 spiro atoms. The van der Waals surface area contributed by atoms with E-state index in [2.05, 4.69) is 11.6 Å². The molecule has 1 aromatic rings. The number of nitrogens with one attached hydrogen (secondary N) is 1. The molecule has 1 amide bonds. The molecule has 0 radical (unpaired) electrons. The molecule has 102 valence electrons. The third-order valence-electron chi connectivity index (χ3n) is 2.38. The minimum Gasteiger partial charge on any atom is -0.328 e. The van der Waals surface area contributed by atoms with E-state index in [0.717, 1.165) is 17.9 Å². The first-order chi connectivity index (χ1) is 8.11. The first-order valence-corrected chi connectivity index (χ1v) is 7.14. The number of carbonyl (C=O) groups is 1. The van der Waals surface area contributed by atoms with E-state index in [4.69, 9.17) is 5.73 Å². The third kappa shape index (κ3) is 6.89. The van der Waals surface area contributed by atoms with E-state index in [1.54, 1.807) is 11.8 Å². The number of halogens is 1. The smallest absolute Gasteiger partial charge is 0.224 e. The van der Waals surface area contributed by atoms with Gasteiger partial charge in [0.15, 0.2) is 0 Å². The molecule has 0 fully saturated rings. The first-order valence-electron chi connectivity index (χ1n) is 5.75. The number of nitrogens with two attached hydrogens (primary N) is 1. The highest BCUT2D eigenvalue weighted by atomic mass is 35.5. The Kier molecular flexibility index (Phi) is 8.89. The lowest BCUT2D eigenvalue weighted by Crippen LogP contribution is -2.19. The van der Waals surface area contributed by atoms with Crippen molar-refractivity contribution < 1.29 is 4.79 Å². The van der Waals surface area contributed by atoms with Crippen molar-refractivity contribution >= 4 is 35.8 Å². The van der Waals surface area contributed by atoms with Crippen LogP contribution in [-0.2, 0) is 10.5 Å². The number of amides is 1. The Hall–Kier alpha value is -0.710. The maximum Gasteiger partial charge on any atom is 0.224 e. The fourth-order valence-electron chi connectivity index (χ4n) is 1.43. The van der Waals surface area contributed by atoms with Crippen LogP contribution in [0.3, 0.4) is 0 Å². The zero-order valence-electron chi connectivity index (χ0n) is 10.8. The highest BCUT2D eigenvalue weighted by molar-refractivity contribution is 7.97. The van der Waals surface area contributed by atoms with Gasteiger partial charge in [-0.3, -0.25) is 4.79 Å². The fraction of sp³-hybridized carbons (Fsp3) is 0.462. The van der Waals surface area contributed by atoms with E-state index in [1.807, 2.05) is 31.2 Å². The first kappa shape index (κ1) is 17.3. The van der Waals surface area contributed by atoms with E-state index in [9.17, 15) is 4.79 Å². The number of hydrogen-bond donors (Lipinski definition) is 2. The van der Waals surface area contributed by atoms with E-state index in [0.29, 0.717) is 6.42 Å². The van der Waals surface area contributed by atoms with E-state index < -0.39 is 0 Å². The maximum atomic E-state index is 11.6. The van der Waals surface area contributed by atoms with Gasteiger partial charge >= 0.3 is 0 Å². The van der Waals surface area contributed by atoms with Crippen LogP contribution < -0.4 is 11.1 Å². The molecule has 1 rings (SSSR count). The highest BCUT2D eigenvalue weighted by Gasteiger charge is 2.04. The van der Waals surface area contributed by atoms with Crippen molar-refractivity contribution in [2.45, 2.75) is 31.6 Å². The van der Waals surface area contributed by atoms with Crippen molar-refractivity contribution in [1.82, 2.24) is 0 Å². The van der Waals surface area contributed by atoms with Gasteiger partial charge in [0.2, 0.25) is 5.91 Å². The molecular formula is C13H21ClN2OS. The van der Waals surface area contributed by atoms with Crippen LogP contribution in [0.25, 0.3) is 0 Å². The maximum absolute atomic E-state index is 11.6. The van der Waals surface area contributed by atoms with Crippen molar-refractivity contribution in [3.63, 3.8) is 0 Å². The molecule has 3 nitrogen and oxygen atoms in total. The molecule has 1 atom stereocenters. The molecule has 1 aromatic carbocycles. The van der Waals surface area contributed by atoms with Crippen LogP contribution in [0.15, 0.2) is 24.3 Å². The topological polar surface area (TPSA) is 55.1 Å². The average molecular weight is 289 g/mol. The summed E-state index contributed by atoms with van der Waals surface area (Å²) in [7, 11) is 0. The molecule has 0 heterocycles. The lowest BCUT2D eigenvalue weighted by Gasteiger charge is -2.07. The minimum atomic E-state index is 0. The Balaban J connectivity index is 0.00000289. The molecule has 0 aliphatic rings. The Morgan fingerprint density at radius 3 is 2.50 bits per heavy atom. The number of rotatable bonds is 6. The quantitative estimate of drug-likeness (QED) is 0.846. The molecule has 0 saturated carbocycles. The van der Waals surface area contributed by atoms with E-state index >= 15 is 0 Å². The van der Waals surface area contributed by atoms with Gasteiger partial charge in [-0.1, -0.05) is 12.1 Å². The second-order valence-corrected chi connectivity index (χ2v) is 5.06. The molecule has 0 saturated heterocycles. The van der Waals surface area contributed by atoms with Gasteiger partial charge in [0, 0.05) is 23.9 Å². The number of thioether (sulfide) groups is 1. The monoisotopic (exact) mass is 288 g/mol. The van der Waals surface area contributed by atoms with Gasteiger partial charge in [0.1, 0.15) is 0 Å². The molecule has 18 heavy (non-hydrogen) atoms. The molecule has 0 aromatic heterocycles. The van der Waals surface area contributed by atoms with Crippen LogP contribution in [0.2, 0.25) is 0 Å². The molecule has 0 aliphatic carbocycles. The Labute approximate surface area is 119 Å². The van der Waals surface area contributed by atoms with Gasteiger partial charge in [-0.15, -0.1) is 12.4 Å². The Morgan fingerprint density at radius 1 is 1.39 bits per heavy atom. The van der Waals surface area contributed by atoms with Crippen LogP contribution in [0, 0.1) is 0 Å². The Morgan fingerprint density at radius 2 is 2.00 bits per heavy atom. The van der Waals surface area contributed by atoms with Gasteiger partial charge < -0.3 is 11.1 Å². The second kappa shape index (κ2) is 9.25. The second-order valence-electron chi connectivity index (χ2n) is 4.19. The fourth-order valence-corrected chi connectivity index (χ4v) is 1.96. The molecule has 1 unspecified atom stereocenters. The van der Waals surface area contributed by atoms with Crippen molar-refractivity contribution in [3.05, 3.63) is 29.8 Å². The minimum absolute atomic E-state index is 0. The van der Waals surface area contributed by atoms with Crippen molar-refractivity contribution in [2.75, 3.05) is 11.6 Å². The molecular weight excluding hydrogens is 268 g/mol. The summed E-state index contributed by atoms with van der Waals surface area (Å²) in [4.78, 5) is 11.6. The zero-order valence-corrected chi connectivity index (χ0v) is 12.4. The molecule has 5 heteroatoms. The number of anilines is 1. The van der Waals surface area contributed by atoms with Gasteiger partial charge in [0.25, 0.3) is 0 Å². The van der Waals surface area contributed by atoms with Crippen LogP contribution in [0.5, 0.6) is 0 Å². The number of carbonyl (C=O) groups excluding carboxylic acids is 1. The van der Waals surface area contributed by atoms with Gasteiger partial charge in [-0.2, -0.15) is 11.8 Å². The summed E-state index contributed by atoms with van der Waals surface area (Å²) in [6.45, 7) is 1.91. The van der Waals surface area contributed by atoms with Crippen LogP contribution in [0.4, 0.5) is 5.69 Å². The molecule has 3 N–H and O–H groups in total. The predicted molar refractivity (Wildman–Crippen MR) is 82.4 cm³/mol. The highest BCUT2D eigenvalue weighted by Crippen LogP contribution is 2.14. The van der Waals surface area contributed by atoms with Crippen LogP contribution >= 0.6 is 24.2 Å². The predicted octanol–water partition coefficient (Wildman–Crippen LogP) is 3.04. The molecule has 0 aliphatic heterocycles. The molecule has 0 bridgehead atoms. The lowest BCUT2D eigenvalue weighted by atomic mass is 10.2. The van der Waals surface area contributed by atoms with Gasteiger partial charge in [-0.25, -0.2) is 0 Å². The summed E-state index contributed by atoms with van der Waals surface area (Å²) in [5.74, 6) is 1.03. The summed E-state index contributed by atoms with van der Waals surface area (Å²) in [6, 6.07) is 8.03. The number of hydrogen-bond acceptors (Lipinski definition) is 3. The number of benzene rings is 1. The van der Waals surface area contributed by atoms with Crippen molar-refractivity contribution in [1.29, 1.82) is 0 Å². The summed E-state index contributed by atoms with van der Waals surface area (Å²) >= 11 is 1.78. The summed E-state index contributed by atoms with van der Waals surface area (Å²) in [5.41, 5.74) is 7.73. The van der Waals surface area contributed by atoms with Crippen LogP contribution in [-0.4, -0.2) is 18.2 Å². The lowest BCUT2D eigenvalue weighted by molar-refractivity contribution is -0.116. The largest absolute Gasteiger partial charge is 0.328 e. The van der Waals surface area contributed by atoms with E-state index in [-0.39, 0.29) is 24.4 Å². The summed E-state index contributed by atoms with van der Waals surface area (Å²) in [5, 5.41) is 2.87. The third-order valence-corrected chi connectivity index (χ3v) is 3.00. The van der Waals surface area contributed by atoms with Crippen molar-refractivity contribution in [3.8, 4) is 0 Å².